The Kier molecular flexibility index (Phi) is 3.39. The molecule has 1 N–H and O–H groups in total. The van der Waals surface area contributed by atoms with Gasteiger partial charge in [-0.1, -0.05) is 0 Å². The molecule has 3 nitrogen and oxygen atoms in total. The van der Waals surface area contributed by atoms with E-state index in [1.807, 2.05) is 0 Å². The van der Waals surface area contributed by atoms with Crippen molar-refractivity contribution in [1.82, 2.24) is 0 Å². The molecule has 0 unspecified atom stereocenters. The van der Waals surface area contributed by atoms with Crippen LogP contribution in [0.4, 0.5) is 14.5 Å². The molecule has 0 aliphatic heterocycles. The van der Waals surface area contributed by atoms with Gasteiger partial charge in [0.1, 0.15) is 18.2 Å². The van der Waals surface area contributed by atoms with Gasteiger partial charge in [0.15, 0.2) is 0 Å². The van der Waals surface area contributed by atoms with Crippen molar-refractivity contribution in [3.05, 3.63) is 29.8 Å². The molecule has 0 radical (unpaired) electrons. The summed E-state index contributed by atoms with van der Waals surface area (Å²) in [6, 6.07) is 2.95. The minimum Gasteiger partial charge on any atom is -0.468 e. The second-order valence-electron chi connectivity index (χ2n) is 2.55. The summed E-state index contributed by atoms with van der Waals surface area (Å²) in [6.07, 6.45) is 0. The number of nitrogens with one attached hydrogen (secondary N) is 1. The number of rotatable bonds is 3. The molecule has 0 heterocycles. The quantitative estimate of drug-likeness (QED) is 0.754. The van der Waals surface area contributed by atoms with Gasteiger partial charge in [-0.05, 0) is 18.2 Å². The molecular weight excluding hydrogens is 192 g/mol. The third kappa shape index (κ3) is 2.69. The van der Waals surface area contributed by atoms with E-state index in [-0.39, 0.29) is 12.2 Å². The molecule has 76 valence electrons. The number of hydrogen-bond donors (Lipinski definition) is 1. The van der Waals surface area contributed by atoms with Crippen LogP contribution < -0.4 is 5.32 Å². The highest BCUT2D eigenvalue weighted by molar-refractivity contribution is 5.74. The van der Waals surface area contributed by atoms with E-state index in [0.717, 1.165) is 18.2 Å². The van der Waals surface area contributed by atoms with Gasteiger partial charge in [0.25, 0.3) is 0 Å². The van der Waals surface area contributed by atoms with Crippen molar-refractivity contribution < 1.29 is 18.3 Å². The van der Waals surface area contributed by atoms with Crippen LogP contribution in [0.5, 0.6) is 0 Å². The SMILES string of the molecule is COC(=O)CNc1cc(F)ccc1F. The summed E-state index contributed by atoms with van der Waals surface area (Å²) < 4.78 is 29.9. The predicted molar refractivity (Wildman–Crippen MR) is 46.9 cm³/mol. The largest absolute Gasteiger partial charge is 0.468 e. The molecule has 0 aliphatic carbocycles. The molecule has 1 aromatic rings. The van der Waals surface area contributed by atoms with Crippen molar-refractivity contribution in [3.8, 4) is 0 Å². The minimum atomic E-state index is -0.615. The second-order valence-corrected chi connectivity index (χ2v) is 2.55. The van der Waals surface area contributed by atoms with Crippen molar-refractivity contribution >= 4 is 11.7 Å². The molecule has 5 heteroatoms. The van der Waals surface area contributed by atoms with Gasteiger partial charge in [0.05, 0.1) is 12.8 Å². The van der Waals surface area contributed by atoms with E-state index in [1.165, 1.54) is 7.11 Å². The topological polar surface area (TPSA) is 38.3 Å². The molecule has 0 spiro atoms. The lowest BCUT2D eigenvalue weighted by molar-refractivity contribution is -0.138. The van der Waals surface area contributed by atoms with Gasteiger partial charge in [0, 0.05) is 0 Å². The number of methoxy groups -OCH3 is 1. The summed E-state index contributed by atoms with van der Waals surface area (Å²) in [6.45, 7) is -0.198. The van der Waals surface area contributed by atoms with Gasteiger partial charge < -0.3 is 10.1 Å². The van der Waals surface area contributed by atoms with Gasteiger partial charge in [-0.3, -0.25) is 4.79 Å². The number of anilines is 1. The molecule has 0 saturated heterocycles. The highest BCUT2D eigenvalue weighted by Crippen LogP contribution is 2.14. The lowest BCUT2D eigenvalue weighted by atomic mass is 10.3. The fourth-order valence-electron chi connectivity index (χ4n) is 0.873. The van der Waals surface area contributed by atoms with E-state index in [2.05, 4.69) is 10.1 Å². The lowest BCUT2D eigenvalue weighted by Gasteiger charge is -2.05. The zero-order valence-electron chi connectivity index (χ0n) is 7.51. The van der Waals surface area contributed by atoms with E-state index >= 15 is 0 Å². The number of carbonyl (C=O) groups is 1. The Hall–Kier alpha value is -1.65. The molecule has 0 saturated carbocycles. The number of halogens is 2. The Balaban J connectivity index is 2.66. The first-order valence-corrected chi connectivity index (χ1v) is 3.89. The van der Waals surface area contributed by atoms with Crippen LogP contribution in [0.15, 0.2) is 18.2 Å². The molecule has 1 aromatic carbocycles. The summed E-state index contributed by atoms with van der Waals surface area (Å²) in [5.74, 6) is -1.73. The van der Waals surface area contributed by atoms with Crippen molar-refractivity contribution in [2.45, 2.75) is 0 Å². The van der Waals surface area contributed by atoms with Gasteiger partial charge >= 0.3 is 5.97 Å². The number of hydrogen-bond acceptors (Lipinski definition) is 3. The fourth-order valence-corrected chi connectivity index (χ4v) is 0.873. The van der Waals surface area contributed by atoms with Crippen LogP contribution in [0.25, 0.3) is 0 Å². The van der Waals surface area contributed by atoms with Crippen LogP contribution in [0.2, 0.25) is 0 Å². The van der Waals surface area contributed by atoms with Crippen LogP contribution >= 0.6 is 0 Å². The van der Waals surface area contributed by atoms with Crippen molar-refractivity contribution in [3.63, 3.8) is 0 Å². The summed E-state index contributed by atoms with van der Waals surface area (Å²) in [4.78, 5) is 10.7. The van der Waals surface area contributed by atoms with Crippen LogP contribution in [-0.2, 0) is 9.53 Å². The second kappa shape index (κ2) is 4.55. The Morgan fingerprint density at radius 2 is 2.21 bits per heavy atom. The first-order valence-electron chi connectivity index (χ1n) is 3.89. The third-order valence-corrected chi connectivity index (χ3v) is 1.58. The molecule has 1 rings (SSSR count). The predicted octanol–water partition coefficient (Wildman–Crippen LogP) is 1.55. The number of ether oxygens (including phenoxy) is 1. The first kappa shape index (κ1) is 10.4. The lowest BCUT2D eigenvalue weighted by Crippen LogP contribution is -2.15. The maximum Gasteiger partial charge on any atom is 0.325 e. The Bertz CT molecular complexity index is 342. The molecule has 0 aliphatic rings. The smallest absolute Gasteiger partial charge is 0.325 e. The third-order valence-electron chi connectivity index (χ3n) is 1.58. The van der Waals surface area contributed by atoms with Crippen LogP contribution in [-0.4, -0.2) is 19.6 Å². The Labute approximate surface area is 79.7 Å². The molecule has 0 fully saturated rings. The number of benzene rings is 1. The summed E-state index contributed by atoms with van der Waals surface area (Å²) >= 11 is 0. The van der Waals surface area contributed by atoms with E-state index in [4.69, 9.17) is 0 Å². The van der Waals surface area contributed by atoms with Crippen molar-refractivity contribution in [2.24, 2.45) is 0 Å². The maximum absolute atomic E-state index is 12.9. The van der Waals surface area contributed by atoms with E-state index in [0.29, 0.717) is 0 Å². The van der Waals surface area contributed by atoms with Crippen LogP contribution in [0.3, 0.4) is 0 Å². The van der Waals surface area contributed by atoms with Gasteiger partial charge in [-0.25, -0.2) is 8.78 Å². The van der Waals surface area contributed by atoms with E-state index in [1.54, 1.807) is 0 Å². The average molecular weight is 201 g/mol. The summed E-state index contributed by atoms with van der Waals surface area (Å²) in [7, 11) is 1.21. The molecular formula is C9H9F2NO2. The molecule has 0 bridgehead atoms. The monoisotopic (exact) mass is 201 g/mol. The summed E-state index contributed by atoms with van der Waals surface area (Å²) in [5, 5.41) is 2.41. The zero-order chi connectivity index (χ0) is 10.6. The molecule has 0 atom stereocenters. The average Bonchev–Trinajstić information content (AvgIpc) is 2.19. The van der Waals surface area contributed by atoms with E-state index < -0.39 is 17.6 Å². The van der Waals surface area contributed by atoms with Gasteiger partial charge in [-0.15, -0.1) is 0 Å². The fraction of sp³-hybridized carbons (Fsp3) is 0.222. The van der Waals surface area contributed by atoms with Crippen molar-refractivity contribution in [1.29, 1.82) is 0 Å². The minimum absolute atomic E-state index is 0.0598. The Morgan fingerprint density at radius 1 is 1.50 bits per heavy atom. The standard InChI is InChI=1S/C9H9F2NO2/c1-14-9(13)5-12-8-4-6(10)2-3-7(8)11/h2-4,12H,5H2,1H3. The Morgan fingerprint density at radius 3 is 2.86 bits per heavy atom. The van der Waals surface area contributed by atoms with Crippen LogP contribution in [0.1, 0.15) is 0 Å². The van der Waals surface area contributed by atoms with Gasteiger partial charge in [-0.2, -0.15) is 0 Å². The van der Waals surface area contributed by atoms with Gasteiger partial charge in [0.2, 0.25) is 0 Å². The highest BCUT2D eigenvalue weighted by Gasteiger charge is 2.05. The van der Waals surface area contributed by atoms with E-state index in [9.17, 15) is 13.6 Å². The maximum atomic E-state index is 12.9. The molecule has 0 amide bonds. The molecule has 14 heavy (non-hydrogen) atoms. The normalized spacial score (nSPS) is 9.64. The number of esters is 1. The zero-order valence-corrected chi connectivity index (χ0v) is 7.51. The number of carbonyl (C=O) groups excluding carboxylic acids is 1. The molecule has 0 aromatic heterocycles. The highest BCUT2D eigenvalue weighted by atomic mass is 19.1. The first-order chi connectivity index (χ1) is 6.63. The summed E-state index contributed by atoms with van der Waals surface area (Å²) in [5.41, 5.74) is -0.0598. The van der Waals surface area contributed by atoms with Crippen LogP contribution in [0, 0.1) is 11.6 Å². The van der Waals surface area contributed by atoms with Crippen molar-refractivity contribution in [2.75, 3.05) is 19.0 Å².